The summed E-state index contributed by atoms with van der Waals surface area (Å²) in [7, 11) is 1.68. The van der Waals surface area contributed by atoms with Crippen molar-refractivity contribution in [1.29, 1.82) is 0 Å². The smallest absolute Gasteiger partial charge is 0.122 e. The van der Waals surface area contributed by atoms with Crippen LogP contribution in [0.3, 0.4) is 0 Å². The Kier molecular flexibility index (Phi) is 5.60. The Labute approximate surface area is 101 Å². The highest BCUT2D eigenvalue weighted by molar-refractivity contribution is 6.31. The minimum absolute atomic E-state index is 0.585. The Hall–Kier alpha value is -0.770. The minimum Gasteiger partial charge on any atom is -0.496 e. The maximum Gasteiger partial charge on any atom is 0.122 e. The van der Waals surface area contributed by atoms with Crippen LogP contribution < -0.4 is 10.6 Å². The van der Waals surface area contributed by atoms with Crippen molar-refractivity contribution in [2.24, 2.45) is 5.90 Å². The summed E-state index contributed by atoms with van der Waals surface area (Å²) in [4.78, 5) is 4.52. The van der Waals surface area contributed by atoms with Gasteiger partial charge in [0.05, 0.1) is 13.7 Å². The zero-order chi connectivity index (χ0) is 12.0. The fourth-order valence-electron chi connectivity index (χ4n) is 1.58. The van der Waals surface area contributed by atoms with Gasteiger partial charge in [-0.2, -0.15) is 0 Å². The van der Waals surface area contributed by atoms with E-state index in [0.29, 0.717) is 6.61 Å². The highest BCUT2D eigenvalue weighted by atomic mass is 35.5. The molecule has 0 spiro atoms. The van der Waals surface area contributed by atoms with Crippen LogP contribution in [0.4, 0.5) is 0 Å². The van der Waals surface area contributed by atoms with Crippen molar-refractivity contribution in [3.8, 4) is 5.75 Å². The molecule has 1 aromatic carbocycles. The van der Waals surface area contributed by atoms with Crippen molar-refractivity contribution in [3.63, 3.8) is 0 Å². The fraction of sp³-hybridized carbons (Fsp3) is 0.500. The topological polar surface area (TPSA) is 44.5 Å². The third-order valence-corrected chi connectivity index (χ3v) is 2.93. The third-order valence-electron chi connectivity index (χ3n) is 2.52. The number of rotatable bonds is 6. The van der Waals surface area contributed by atoms with E-state index in [4.69, 9.17) is 22.2 Å². The van der Waals surface area contributed by atoms with Crippen LogP contribution in [0.1, 0.15) is 24.0 Å². The van der Waals surface area contributed by atoms with E-state index in [0.717, 1.165) is 41.2 Å². The minimum atomic E-state index is 0.585. The Morgan fingerprint density at radius 2 is 2.06 bits per heavy atom. The van der Waals surface area contributed by atoms with Crippen molar-refractivity contribution >= 4 is 11.6 Å². The maximum atomic E-state index is 6.08. The number of ether oxygens (including phenoxy) is 1. The SMILES string of the molecule is COc1cc(C)c(Cl)cc1CCCCON. The first-order chi connectivity index (χ1) is 7.69. The Bertz CT molecular complexity index is 342. The number of aryl methyl sites for hydroxylation is 2. The molecule has 0 aliphatic carbocycles. The van der Waals surface area contributed by atoms with Crippen LogP contribution in [-0.4, -0.2) is 13.7 Å². The highest BCUT2D eigenvalue weighted by Gasteiger charge is 2.06. The van der Waals surface area contributed by atoms with Crippen LogP contribution in [-0.2, 0) is 11.3 Å². The Morgan fingerprint density at radius 1 is 1.31 bits per heavy atom. The van der Waals surface area contributed by atoms with Crippen LogP contribution >= 0.6 is 11.6 Å². The molecular weight excluding hydrogens is 226 g/mol. The summed E-state index contributed by atoms with van der Waals surface area (Å²) in [5.74, 6) is 5.86. The summed E-state index contributed by atoms with van der Waals surface area (Å²) in [6, 6.07) is 3.94. The van der Waals surface area contributed by atoms with Gasteiger partial charge in [-0.25, -0.2) is 5.90 Å². The van der Waals surface area contributed by atoms with Crippen LogP contribution in [0.15, 0.2) is 12.1 Å². The molecule has 0 aliphatic heterocycles. The molecule has 0 radical (unpaired) electrons. The van der Waals surface area contributed by atoms with Crippen molar-refractivity contribution in [1.82, 2.24) is 0 Å². The van der Waals surface area contributed by atoms with E-state index in [-0.39, 0.29) is 0 Å². The summed E-state index contributed by atoms with van der Waals surface area (Å²) in [6.07, 6.45) is 2.87. The van der Waals surface area contributed by atoms with Crippen LogP contribution in [0.5, 0.6) is 5.75 Å². The van der Waals surface area contributed by atoms with Crippen LogP contribution in [0, 0.1) is 6.92 Å². The molecule has 0 aliphatic rings. The first kappa shape index (κ1) is 13.3. The van der Waals surface area contributed by atoms with Crippen molar-refractivity contribution < 1.29 is 9.57 Å². The predicted octanol–water partition coefficient (Wildman–Crippen LogP) is 2.87. The van der Waals surface area contributed by atoms with Gasteiger partial charge >= 0.3 is 0 Å². The average molecular weight is 244 g/mol. The summed E-state index contributed by atoms with van der Waals surface area (Å²) in [5, 5.41) is 0.783. The van der Waals surface area contributed by atoms with Crippen LogP contribution in [0.25, 0.3) is 0 Å². The molecule has 0 bridgehead atoms. The number of hydrogen-bond acceptors (Lipinski definition) is 3. The molecule has 1 rings (SSSR count). The van der Waals surface area contributed by atoms with Crippen molar-refractivity contribution in [2.45, 2.75) is 26.2 Å². The average Bonchev–Trinajstić information content (AvgIpc) is 2.28. The molecule has 0 unspecified atom stereocenters. The Balaban J connectivity index is 2.66. The number of hydrogen-bond donors (Lipinski definition) is 1. The van der Waals surface area contributed by atoms with E-state index >= 15 is 0 Å². The van der Waals surface area contributed by atoms with Gasteiger partial charge in [0.25, 0.3) is 0 Å². The van der Waals surface area contributed by atoms with E-state index in [1.807, 2.05) is 19.1 Å². The van der Waals surface area contributed by atoms with Gasteiger partial charge in [-0.1, -0.05) is 11.6 Å². The van der Waals surface area contributed by atoms with Gasteiger partial charge in [-0.05, 0) is 49.4 Å². The second-order valence-electron chi connectivity index (χ2n) is 3.74. The summed E-state index contributed by atoms with van der Waals surface area (Å²) in [6.45, 7) is 2.55. The summed E-state index contributed by atoms with van der Waals surface area (Å²) >= 11 is 6.08. The Morgan fingerprint density at radius 3 is 2.69 bits per heavy atom. The highest BCUT2D eigenvalue weighted by Crippen LogP contribution is 2.27. The second kappa shape index (κ2) is 6.74. The first-order valence-electron chi connectivity index (χ1n) is 5.33. The molecule has 0 saturated heterocycles. The molecule has 4 heteroatoms. The lowest BCUT2D eigenvalue weighted by Crippen LogP contribution is -2.01. The zero-order valence-corrected chi connectivity index (χ0v) is 10.5. The van der Waals surface area contributed by atoms with Gasteiger partial charge in [0, 0.05) is 5.02 Å². The van der Waals surface area contributed by atoms with Crippen LogP contribution in [0.2, 0.25) is 5.02 Å². The molecule has 16 heavy (non-hydrogen) atoms. The van der Waals surface area contributed by atoms with Gasteiger partial charge < -0.3 is 9.57 Å². The van der Waals surface area contributed by atoms with Gasteiger partial charge in [0.1, 0.15) is 5.75 Å². The van der Waals surface area contributed by atoms with E-state index in [1.54, 1.807) is 7.11 Å². The normalized spacial score (nSPS) is 10.5. The fourth-order valence-corrected chi connectivity index (χ4v) is 1.77. The third kappa shape index (κ3) is 3.67. The molecule has 0 saturated carbocycles. The quantitative estimate of drug-likeness (QED) is 0.617. The van der Waals surface area contributed by atoms with E-state index in [9.17, 15) is 0 Å². The van der Waals surface area contributed by atoms with Gasteiger partial charge in [0.15, 0.2) is 0 Å². The van der Waals surface area contributed by atoms with Gasteiger partial charge in [-0.15, -0.1) is 0 Å². The molecule has 3 nitrogen and oxygen atoms in total. The summed E-state index contributed by atoms with van der Waals surface area (Å²) < 4.78 is 5.32. The second-order valence-corrected chi connectivity index (χ2v) is 4.15. The van der Waals surface area contributed by atoms with E-state index in [2.05, 4.69) is 4.84 Å². The molecule has 0 fully saturated rings. The lowest BCUT2D eigenvalue weighted by Gasteiger charge is -2.10. The van der Waals surface area contributed by atoms with Crippen molar-refractivity contribution in [2.75, 3.05) is 13.7 Å². The van der Waals surface area contributed by atoms with E-state index < -0.39 is 0 Å². The number of methoxy groups -OCH3 is 1. The largest absolute Gasteiger partial charge is 0.496 e. The number of nitrogens with two attached hydrogens (primary N) is 1. The number of halogens is 1. The molecule has 0 aromatic heterocycles. The maximum absolute atomic E-state index is 6.08. The predicted molar refractivity (Wildman–Crippen MR) is 65.8 cm³/mol. The summed E-state index contributed by atoms with van der Waals surface area (Å²) in [5.41, 5.74) is 2.17. The van der Waals surface area contributed by atoms with E-state index in [1.165, 1.54) is 0 Å². The molecule has 1 aromatic rings. The monoisotopic (exact) mass is 243 g/mol. The van der Waals surface area contributed by atoms with Crippen molar-refractivity contribution in [3.05, 3.63) is 28.3 Å². The lowest BCUT2D eigenvalue weighted by atomic mass is 10.1. The molecule has 2 N–H and O–H groups in total. The molecular formula is C12H18ClNO2. The van der Waals surface area contributed by atoms with Gasteiger partial charge in [0.2, 0.25) is 0 Å². The number of unbranched alkanes of at least 4 members (excludes halogenated alkanes) is 1. The number of benzene rings is 1. The lowest BCUT2D eigenvalue weighted by molar-refractivity contribution is 0.134. The molecule has 0 atom stereocenters. The molecule has 90 valence electrons. The first-order valence-corrected chi connectivity index (χ1v) is 5.71. The molecule has 0 amide bonds. The standard InChI is InChI=1S/C12H18ClNO2/c1-9-7-12(15-2)10(8-11(9)13)5-3-4-6-16-14/h7-8H,3-6,14H2,1-2H3. The zero-order valence-electron chi connectivity index (χ0n) is 9.75. The van der Waals surface area contributed by atoms with Gasteiger partial charge in [-0.3, -0.25) is 0 Å². The molecule has 0 heterocycles.